The Morgan fingerprint density at radius 3 is 1.04 bits per heavy atom. The molecule has 0 aliphatic heterocycles. The molecule has 0 fully saturated rings. The van der Waals surface area contributed by atoms with Gasteiger partial charge in [-0.25, -0.2) is 0 Å². The smallest absolute Gasteiger partial charge is 0.0455 e. The highest BCUT2D eigenvalue weighted by atomic mass is 32.1. The number of fused-ring (bicyclic) bond motifs is 6. The van der Waals surface area contributed by atoms with Crippen molar-refractivity contribution in [2.75, 3.05) is 0 Å². The van der Waals surface area contributed by atoms with Crippen molar-refractivity contribution in [2.24, 2.45) is 0 Å². The summed E-state index contributed by atoms with van der Waals surface area (Å²) >= 11 is 8.21. The van der Waals surface area contributed by atoms with E-state index < -0.39 is 0 Å². The number of unbranched alkanes of at least 4 members (excludes halogenated alkanes) is 12. The van der Waals surface area contributed by atoms with Crippen molar-refractivity contribution < 1.29 is 0 Å². The lowest BCUT2D eigenvalue weighted by Gasteiger charge is -2.14. The molecule has 0 nitrogen and oxygen atoms in total. The Morgan fingerprint density at radius 1 is 0.375 bits per heavy atom. The Balaban J connectivity index is 1.46. The highest BCUT2D eigenvalue weighted by molar-refractivity contribution is 7.29. The van der Waals surface area contributed by atoms with Crippen LogP contribution in [0.1, 0.15) is 153 Å². The molecule has 2 aromatic carbocycles. The molecule has 0 spiro atoms. The molecule has 0 saturated heterocycles. The molecule has 0 aliphatic carbocycles. The fourth-order valence-corrected chi connectivity index (χ4v) is 12.5. The highest BCUT2D eigenvalue weighted by Gasteiger charge is 2.22. The third-order valence-electron chi connectivity index (χ3n) is 10.6. The SMILES string of the molecule is CCCCCCc1c(CCCCCC)c2sc(-c3cc4c(s3)c(CCCCCC)c(CCCCCC)c3sccc34)cc2c2ccsc12. The molecule has 0 bridgehead atoms. The van der Waals surface area contributed by atoms with Crippen molar-refractivity contribution in [2.45, 2.75) is 156 Å². The number of thiophene rings is 4. The van der Waals surface area contributed by atoms with Crippen molar-refractivity contribution in [3.63, 3.8) is 0 Å². The molecule has 6 rings (SSSR count). The molecule has 0 aliphatic rings. The molecule has 4 heterocycles. The first-order valence-electron chi connectivity index (χ1n) is 19.6. The third-order valence-corrected chi connectivity index (χ3v) is 15.1. The fourth-order valence-electron chi connectivity index (χ4n) is 7.90. The lowest BCUT2D eigenvalue weighted by molar-refractivity contribution is 0.654. The fraction of sp³-hybridized carbons (Fsp3) is 0.545. The van der Waals surface area contributed by atoms with E-state index in [0.717, 1.165) is 0 Å². The molecule has 4 heteroatoms. The minimum Gasteiger partial charge on any atom is -0.143 e. The van der Waals surface area contributed by atoms with Crippen LogP contribution in [0.5, 0.6) is 0 Å². The Kier molecular flexibility index (Phi) is 13.5. The Hall–Kier alpha value is -1.72. The summed E-state index contributed by atoms with van der Waals surface area (Å²) in [5.74, 6) is 0. The molecule has 258 valence electrons. The summed E-state index contributed by atoms with van der Waals surface area (Å²) in [6, 6.07) is 10.0. The van der Waals surface area contributed by atoms with Crippen LogP contribution >= 0.6 is 45.3 Å². The van der Waals surface area contributed by atoms with Gasteiger partial charge in [0.1, 0.15) is 0 Å². The predicted octanol–water partition coefficient (Wildman–Crippen LogP) is 16.7. The maximum atomic E-state index is 2.59. The summed E-state index contributed by atoms with van der Waals surface area (Å²) < 4.78 is 6.33. The van der Waals surface area contributed by atoms with Crippen molar-refractivity contribution in [3.05, 3.63) is 57.3 Å². The van der Waals surface area contributed by atoms with Crippen molar-refractivity contribution in [1.82, 2.24) is 0 Å². The summed E-state index contributed by atoms with van der Waals surface area (Å²) in [6.07, 6.45) is 26.3. The van der Waals surface area contributed by atoms with Crippen LogP contribution in [0.25, 0.3) is 50.1 Å². The number of hydrogen-bond donors (Lipinski definition) is 0. The van der Waals surface area contributed by atoms with Gasteiger partial charge in [0.2, 0.25) is 0 Å². The van der Waals surface area contributed by atoms with Gasteiger partial charge in [-0.3, -0.25) is 0 Å². The lowest BCUT2D eigenvalue weighted by atomic mass is 9.93. The van der Waals surface area contributed by atoms with Gasteiger partial charge in [0, 0.05) is 50.1 Å². The minimum absolute atomic E-state index is 1.23. The number of hydrogen-bond acceptors (Lipinski definition) is 4. The third kappa shape index (κ3) is 7.93. The van der Waals surface area contributed by atoms with Gasteiger partial charge >= 0.3 is 0 Å². The summed E-state index contributed by atoms with van der Waals surface area (Å²) in [5, 5.41) is 10.8. The Labute approximate surface area is 307 Å². The van der Waals surface area contributed by atoms with Crippen LogP contribution < -0.4 is 0 Å². The standard InChI is InChI=1S/C44H58S4/c1-5-9-13-17-21-31-33(23-19-15-11-7-3)43-37(35-25-27-45-41(31)35)29-39(47-43)40-30-38-36-26-28-46-42(36)32(22-18-14-10-6-2)34(44(38)48-40)24-20-16-12-8-4/h25-30H,5-24H2,1-4H3. The molecule has 0 atom stereocenters. The quantitative estimate of drug-likeness (QED) is 0.0651. The van der Waals surface area contributed by atoms with E-state index in [1.807, 2.05) is 22.7 Å². The van der Waals surface area contributed by atoms with E-state index in [2.05, 4.69) is 85.4 Å². The van der Waals surface area contributed by atoms with Gasteiger partial charge in [0.25, 0.3) is 0 Å². The van der Waals surface area contributed by atoms with E-state index in [-0.39, 0.29) is 0 Å². The normalized spacial score (nSPS) is 12.2. The molecule has 0 radical (unpaired) electrons. The Morgan fingerprint density at radius 2 is 0.708 bits per heavy atom. The van der Waals surface area contributed by atoms with Gasteiger partial charge in [-0.05, 0) is 109 Å². The van der Waals surface area contributed by atoms with Crippen LogP contribution in [0.2, 0.25) is 0 Å². The largest absolute Gasteiger partial charge is 0.143 e. The van der Waals surface area contributed by atoms with Crippen LogP contribution in [0.3, 0.4) is 0 Å². The van der Waals surface area contributed by atoms with Gasteiger partial charge in [0.05, 0.1) is 0 Å². The maximum Gasteiger partial charge on any atom is 0.0455 e. The second kappa shape index (κ2) is 18.0. The van der Waals surface area contributed by atoms with Gasteiger partial charge < -0.3 is 0 Å². The van der Waals surface area contributed by atoms with E-state index in [1.54, 1.807) is 41.1 Å². The zero-order valence-electron chi connectivity index (χ0n) is 30.2. The van der Waals surface area contributed by atoms with Crippen LogP contribution in [0.15, 0.2) is 35.0 Å². The van der Waals surface area contributed by atoms with Gasteiger partial charge in [-0.2, -0.15) is 0 Å². The summed E-state index contributed by atoms with van der Waals surface area (Å²) in [6.45, 7) is 9.33. The van der Waals surface area contributed by atoms with Gasteiger partial charge in [-0.15, -0.1) is 45.3 Å². The second-order valence-corrected chi connectivity index (χ2v) is 18.1. The van der Waals surface area contributed by atoms with E-state index >= 15 is 0 Å². The maximum absolute atomic E-state index is 2.59. The second-order valence-electron chi connectivity index (χ2n) is 14.2. The van der Waals surface area contributed by atoms with Crippen LogP contribution in [0, 0.1) is 0 Å². The topological polar surface area (TPSA) is 0 Å². The molecule has 0 N–H and O–H groups in total. The average molecular weight is 715 g/mol. The zero-order chi connectivity index (χ0) is 33.3. The molecular formula is C44H58S4. The first-order chi connectivity index (χ1) is 23.7. The highest BCUT2D eigenvalue weighted by Crippen LogP contribution is 2.49. The molecule has 0 unspecified atom stereocenters. The van der Waals surface area contributed by atoms with Crippen LogP contribution in [-0.2, 0) is 25.7 Å². The predicted molar refractivity (Wildman–Crippen MR) is 225 cm³/mol. The monoisotopic (exact) mass is 714 g/mol. The first kappa shape index (κ1) is 36.1. The number of rotatable bonds is 21. The summed E-state index contributed by atoms with van der Waals surface area (Å²) in [7, 11) is 0. The summed E-state index contributed by atoms with van der Waals surface area (Å²) in [5.41, 5.74) is 6.76. The molecule has 6 aromatic rings. The minimum atomic E-state index is 1.23. The number of aryl methyl sites for hydroxylation is 4. The zero-order valence-corrected chi connectivity index (χ0v) is 33.5. The van der Waals surface area contributed by atoms with Crippen molar-refractivity contribution in [3.8, 4) is 9.75 Å². The van der Waals surface area contributed by atoms with E-state index in [4.69, 9.17) is 0 Å². The Bertz CT molecular complexity index is 1750. The van der Waals surface area contributed by atoms with E-state index in [9.17, 15) is 0 Å². The number of benzene rings is 2. The molecular weight excluding hydrogens is 657 g/mol. The van der Waals surface area contributed by atoms with Crippen LogP contribution in [-0.4, -0.2) is 0 Å². The average Bonchev–Trinajstić information content (AvgIpc) is 3.91. The molecule has 0 amide bonds. The van der Waals surface area contributed by atoms with E-state index in [1.165, 1.54) is 160 Å². The van der Waals surface area contributed by atoms with Crippen LogP contribution in [0.4, 0.5) is 0 Å². The van der Waals surface area contributed by atoms with Gasteiger partial charge in [-0.1, -0.05) is 105 Å². The molecule has 0 saturated carbocycles. The lowest BCUT2D eigenvalue weighted by Crippen LogP contribution is -1.97. The molecule has 4 aromatic heterocycles. The summed E-state index contributed by atoms with van der Waals surface area (Å²) in [4.78, 5) is 2.97. The van der Waals surface area contributed by atoms with Gasteiger partial charge in [0.15, 0.2) is 0 Å². The molecule has 48 heavy (non-hydrogen) atoms. The van der Waals surface area contributed by atoms with Crippen molar-refractivity contribution in [1.29, 1.82) is 0 Å². The first-order valence-corrected chi connectivity index (χ1v) is 23.0. The van der Waals surface area contributed by atoms with E-state index in [0.29, 0.717) is 0 Å². The van der Waals surface area contributed by atoms with Crippen molar-refractivity contribution >= 4 is 85.7 Å².